The molecule has 3 aromatic heterocycles. The molecule has 0 spiro atoms. The van der Waals surface area contributed by atoms with Crippen molar-refractivity contribution < 1.29 is 4.79 Å². The van der Waals surface area contributed by atoms with Gasteiger partial charge >= 0.3 is 0 Å². The third kappa shape index (κ3) is 5.45. The van der Waals surface area contributed by atoms with Crippen molar-refractivity contribution in [1.82, 2.24) is 34.5 Å². The van der Waals surface area contributed by atoms with Gasteiger partial charge in [0.1, 0.15) is 5.82 Å². The first-order chi connectivity index (χ1) is 18.1. The number of hydrogen-bond acceptors (Lipinski definition) is 7. The number of pyridine rings is 1. The number of piperazine rings is 1. The number of carbonyl (C=O) groups is 1. The quantitative estimate of drug-likeness (QED) is 0.239. The first-order valence-corrected chi connectivity index (χ1v) is 13.8. The standard InChI is InChI=1S/C27H29IN8O/c1-34-24(12-18-2-3-18)21-13-20(5-6-23(21)33-34)26-22(28)15-30-27(32-26)31-25-7-4-19(14-29-25)16-35-8-10-36(17-37)11-9-35/h4-7,13-15,17-18H,2-3,8-12,16H2,1H3,(H,29,30,31,32). The predicted octanol–water partition coefficient (Wildman–Crippen LogP) is 4.00. The molecule has 0 bridgehead atoms. The summed E-state index contributed by atoms with van der Waals surface area (Å²) in [6.07, 6.45) is 8.38. The van der Waals surface area contributed by atoms with Crippen molar-refractivity contribution in [2.75, 3.05) is 31.5 Å². The number of halogens is 1. The van der Waals surface area contributed by atoms with Crippen molar-refractivity contribution in [3.63, 3.8) is 0 Å². The van der Waals surface area contributed by atoms with Crippen molar-refractivity contribution in [2.45, 2.75) is 25.8 Å². The van der Waals surface area contributed by atoms with Crippen LogP contribution in [0, 0.1) is 9.49 Å². The molecule has 37 heavy (non-hydrogen) atoms. The van der Waals surface area contributed by atoms with Gasteiger partial charge < -0.3 is 10.2 Å². The number of aromatic nitrogens is 5. The minimum atomic E-state index is 0.519. The Hall–Kier alpha value is -3.12. The first-order valence-electron chi connectivity index (χ1n) is 12.7. The van der Waals surface area contributed by atoms with Crippen LogP contribution in [0.4, 0.5) is 11.8 Å². The molecule has 6 rings (SSSR count). The molecule has 1 amide bonds. The van der Waals surface area contributed by atoms with Gasteiger partial charge in [-0.2, -0.15) is 5.10 Å². The van der Waals surface area contributed by atoms with E-state index in [0.717, 1.165) is 77.4 Å². The van der Waals surface area contributed by atoms with E-state index in [2.05, 4.69) is 67.0 Å². The van der Waals surface area contributed by atoms with Gasteiger partial charge in [-0.05, 0) is 71.5 Å². The molecule has 9 nitrogen and oxygen atoms in total. The van der Waals surface area contributed by atoms with Gasteiger partial charge in [0.05, 0.1) is 14.8 Å². The Balaban J connectivity index is 1.18. The second kappa shape index (κ2) is 10.3. The average molecular weight is 608 g/mol. The molecule has 4 heterocycles. The lowest BCUT2D eigenvalue weighted by Crippen LogP contribution is -2.45. The van der Waals surface area contributed by atoms with Crippen LogP contribution in [0.3, 0.4) is 0 Å². The number of benzene rings is 1. The maximum Gasteiger partial charge on any atom is 0.228 e. The summed E-state index contributed by atoms with van der Waals surface area (Å²) >= 11 is 2.30. The zero-order chi connectivity index (χ0) is 25.4. The Labute approximate surface area is 229 Å². The summed E-state index contributed by atoms with van der Waals surface area (Å²) in [5.74, 6) is 2.02. The smallest absolute Gasteiger partial charge is 0.228 e. The van der Waals surface area contributed by atoms with E-state index in [1.165, 1.54) is 23.9 Å². The van der Waals surface area contributed by atoms with Crippen LogP contribution in [0.15, 0.2) is 42.7 Å². The van der Waals surface area contributed by atoms with Gasteiger partial charge in [0.25, 0.3) is 0 Å². The predicted molar refractivity (Wildman–Crippen MR) is 151 cm³/mol. The van der Waals surface area contributed by atoms with Crippen LogP contribution in [-0.2, 0) is 24.8 Å². The second-order valence-electron chi connectivity index (χ2n) is 9.93. The summed E-state index contributed by atoms with van der Waals surface area (Å²) in [5, 5.41) is 9.19. The molecule has 0 unspecified atom stereocenters. The number of anilines is 2. The van der Waals surface area contributed by atoms with Crippen LogP contribution < -0.4 is 5.32 Å². The van der Waals surface area contributed by atoms with Crippen LogP contribution in [0.2, 0.25) is 0 Å². The lowest BCUT2D eigenvalue weighted by molar-refractivity contribution is -0.119. The number of amides is 1. The fraction of sp³-hybridized carbons (Fsp3) is 0.370. The lowest BCUT2D eigenvalue weighted by Gasteiger charge is -2.32. The monoisotopic (exact) mass is 608 g/mol. The summed E-state index contributed by atoms with van der Waals surface area (Å²) in [7, 11) is 2.04. The van der Waals surface area contributed by atoms with E-state index < -0.39 is 0 Å². The van der Waals surface area contributed by atoms with E-state index in [9.17, 15) is 4.79 Å². The topological polar surface area (TPSA) is 92.1 Å². The van der Waals surface area contributed by atoms with Crippen LogP contribution in [0.5, 0.6) is 0 Å². The summed E-state index contributed by atoms with van der Waals surface area (Å²) in [6, 6.07) is 10.4. The zero-order valence-electron chi connectivity index (χ0n) is 20.8. The average Bonchev–Trinajstić information content (AvgIpc) is 3.69. The van der Waals surface area contributed by atoms with Crippen molar-refractivity contribution in [3.05, 3.63) is 57.6 Å². The highest BCUT2D eigenvalue weighted by atomic mass is 127. The summed E-state index contributed by atoms with van der Waals surface area (Å²) in [5.41, 5.74) is 5.43. The van der Waals surface area contributed by atoms with Crippen LogP contribution in [0.25, 0.3) is 22.2 Å². The highest BCUT2D eigenvalue weighted by Crippen LogP contribution is 2.36. The summed E-state index contributed by atoms with van der Waals surface area (Å²) in [4.78, 5) is 29.0. The third-order valence-corrected chi connectivity index (χ3v) is 7.97. The van der Waals surface area contributed by atoms with Crippen molar-refractivity contribution >= 4 is 51.7 Å². The van der Waals surface area contributed by atoms with Gasteiger partial charge in [0.2, 0.25) is 12.4 Å². The molecule has 190 valence electrons. The molecule has 1 aromatic carbocycles. The van der Waals surface area contributed by atoms with E-state index in [4.69, 9.17) is 10.1 Å². The molecule has 2 fully saturated rings. The normalized spacial score (nSPS) is 16.3. The van der Waals surface area contributed by atoms with E-state index >= 15 is 0 Å². The van der Waals surface area contributed by atoms with Crippen molar-refractivity contribution in [3.8, 4) is 11.3 Å². The summed E-state index contributed by atoms with van der Waals surface area (Å²) in [6.45, 7) is 4.14. The highest BCUT2D eigenvalue weighted by molar-refractivity contribution is 14.1. The maximum atomic E-state index is 10.9. The molecule has 1 N–H and O–H groups in total. The van der Waals surface area contributed by atoms with Crippen LogP contribution in [-0.4, -0.2) is 67.1 Å². The fourth-order valence-corrected chi connectivity index (χ4v) is 5.43. The van der Waals surface area contributed by atoms with Gasteiger partial charge in [-0.1, -0.05) is 12.1 Å². The van der Waals surface area contributed by atoms with E-state index in [0.29, 0.717) is 11.8 Å². The van der Waals surface area contributed by atoms with Gasteiger partial charge in [0, 0.05) is 68.8 Å². The van der Waals surface area contributed by atoms with Gasteiger partial charge in [-0.3, -0.25) is 14.4 Å². The van der Waals surface area contributed by atoms with Crippen molar-refractivity contribution in [1.29, 1.82) is 0 Å². The molecular formula is C27H29IN8O. The van der Waals surface area contributed by atoms with Gasteiger partial charge in [0.15, 0.2) is 0 Å². The number of carbonyl (C=O) groups excluding carboxylic acids is 1. The molecule has 1 saturated carbocycles. The Morgan fingerprint density at radius 3 is 2.65 bits per heavy atom. The van der Waals surface area contributed by atoms with Crippen molar-refractivity contribution in [2.24, 2.45) is 13.0 Å². The van der Waals surface area contributed by atoms with E-state index in [1.807, 2.05) is 35.1 Å². The third-order valence-electron chi connectivity index (χ3n) is 7.18. The van der Waals surface area contributed by atoms with Crippen LogP contribution in [0.1, 0.15) is 24.1 Å². The Morgan fingerprint density at radius 1 is 1.08 bits per heavy atom. The number of rotatable bonds is 8. The molecule has 2 aliphatic rings. The second-order valence-corrected chi connectivity index (χ2v) is 11.1. The fourth-order valence-electron chi connectivity index (χ4n) is 4.86. The molecule has 10 heteroatoms. The number of aryl methyl sites for hydroxylation is 1. The molecule has 1 aliphatic heterocycles. The van der Waals surface area contributed by atoms with Gasteiger partial charge in [-0.25, -0.2) is 15.0 Å². The van der Waals surface area contributed by atoms with E-state index in [1.54, 1.807) is 0 Å². The highest BCUT2D eigenvalue weighted by Gasteiger charge is 2.24. The minimum Gasteiger partial charge on any atom is -0.343 e. The number of nitrogens with zero attached hydrogens (tertiary/aromatic N) is 7. The van der Waals surface area contributed by atoms with Crippen LogP contribution >= 0.6 is 22.6 Å². The molecule has 1 saturated heterocycles. The number of nitrogens with one attached hydrogen (secondary N) is 1. The van der Waals surface area contributed by atoms with E-state index in [-0.39, 0.29) is 0 Å². The zero-order valence-corrected chi connectivity index (χ0v) is 22.9. The minimum absolute atomic E-state index is 0.519. The molecule has 0 atom stereocenters. The number of fused-ring (bicyclic) bond motifs is 1. The Kier molecular flexibility index (Phi) is 6.76. The molecule has 1 aliphatic carbocycles. The largest absolute Gasteiger partial charge is 0.343 e. The molecule has 4 aromatic rings. The van der Waals surface area contributed by atoms with Gasteiger partial charge in [-0.15, -0.1) is 0 Å². The SMILES string of the molecule is Cn1nc2ccc(-c3nc(Nc4ccc(CN5CCN(C=O)CC5)cn4)ncc3I)cc2c1CC1CC1. The molecular weight excluding hydrogens is 579 g/mol. The molecule has 0 radical (unpaired) electrons. The maximum absolute atomic E-state index is 10.9. The number of hydrogen-bond donors (Lipinski definition) is 1. The Morgan fingerprint density at radius 2 is 1.92 bits per heavy atom. The first kappa shape index (κ1) is 24.2. The Bertz CT molecular complexity index is 1420. The lowest BCUT2D eigenvalue weighted by atomic mass is 10.1. The summed E-state index contributed by atoms with van der Waals surface area (Å²) < 4.78 is 3.03.